The number of aromatic nitrogens is 1. The molecule has 1 aromatic heterocycles. The predicted molar refractivity (Wildman–Crippen MR) is 127 cm³/mol. The van der Waals surface area contributed by atoms with Crippen LogP contribution in [0.2, 0.25) is 0 Å². The van der Waals surface area contributed by atoms with Gasteiger partial charge in [0.2, 0.25) is 15.8 Å². The van der Waals surface area contributed by atoms with Gasteiger partial charge in [0.15, 0.2) is 6.61 Å². The van der Waals surface area contributed by atoms with Gasteiger partial charge in [-0.05, 0) is 56.3 Å². The third-order valence-electron chi connectivity index (χ3n) is 5.26. The first-order valence-corrected chi connectivity index (χ1v) is 12.0. The lowest BCUT2D eigenvalue weighted by molar-refractivity contribution is -0.141. The number of primary sulfonamides is 1. The van der Waals surface area contributed by atoms with Gasteiger partial charge < -0.3 is 19.4 Å². The van der Waals surface area contributed by atoms with Crippen molar-refractivity contribution in [3.8, 4) is 11.4 Å². The van der Waals surface area contributed by atoms with E-state index < -0.39 is 40.8 Å². The van der Waals surface area contributed by atoms with Crippen molar-refractivity contribution in [2.45, 2.75) is 18.7 Å². The molecule has 0 saturated carbocycles. The number of benzene rings is 2. The van der Waals surface area contributed by atoms with Gasteiger partial charge in [0, 0.05) is 22.6 Å². The van der Waals surface area contributed by atoms with E-state index in [-0.39, 0.29) is 10.5 Å². The van der Waals surface area contributed by atoms with E-state index in [1.54, 1.807) is 60.9 Å². The van der Waals surface area contributed by atoms with Crippen molar-refractivity contribution in [3.63, 3.8) is 0 Å². The molecule has 0 radical (unpaired) electrons. The minimum absolute atomic E-state index is 0.0234. The fourth-order valence-corrected chi connectivity index (χ4v) is 4.10. The summed E-state index contributed by atoms with van der Waals surface area (Å²) in [5.74, 6) is -1.34. The van der Waals surface area contributed by atoms with Crippen molar-refractivity contribution in [1.82, 2.24) is 9.88 Å². The third kappa shape index (κ3) is 5.94. The quantitative estimate of drug-likeness (QED) is 0.338. The number of Topliss-reactive ketones (excluding diaryl/α,β-unsaturated/α-hetero) is 1. The second kappa shape index (κ2) is 10.5. The lowest BCUT2D eigenvalue weighted by Gasteiger charge is -2.11. The van der Waals surface area contributed by atoms with Crippen molar-refractivity contribution in [1.29, 1.82) is 0 Å². The second-order valence-electron chi connectivity index (χ2n) is 7.63. The Balaban J connectivity index is 1.62. The molecule has 1 heterocycles. The van der Waals surface area contributed by atoms with Crippen LogP contribution >= 0.6 is 0 Å². The number of carbonyl (C=O) groups is 3. The first-order chi connectivity index (χ1) is 16.5. The highest BCUT2D eigenvalue weighted by atomic mass is 32.2. The molecule has 0 aliphatic carbocycles. The van der Waals surface area contributed by atoms with Gasteiger partial charge >= 0.3 is 5.97 Å². The maximum atomic E-state index is 12.7. The average molecular weight is 500 g/mol. The van der Waals surface area contributed by atoms with Crippen molar-refractivity contribution in [2.24, 2.45) is 5.14 Å². The van der Waals surface area contributed by atoms with Gasteiger partial charge in [-0.15, -0.1) is 0 Å². The van der Waals surface area contributed by atoms with Crippen LogP contribution in [0.5, 0.6) is 5.75 Å². The number of sulfonamides is 1. The zero-order valence-electron chi connectivity index (χ0n) is 19.4. The van der Waals surface area contributed by atoms with Crippen LogP contribution in [0.4, 0.5) is 0 Å². The number of esters is 1. The fraction of sp³-hybridized carbons (Fsp3) is 0.208. The Labute approximate surface area is 202 Å². The monoisotopic (exact) mass is 499 g/mol. The van der Waals surface area contributed by atoms with Gasteiger partial charge in [0.05, 0.1) is 17.6 Å². The molecule has 0 bridgehead atoms. The Morgan fingerprint density at radius 2 is 1.66 bits per heavy atom. The average Bonchev–Trinajstić information content (AvgIpc) is 3.14. The predicted octanol–water partition coefficient (Wildman–Crippen LogP) is 1.91. The van der Waals surface area contributed by atoms with Crippen LogP contribution in [0.25, 0.3) is 5.69 Å². The van der Waals surface area contributed by atoms with E-state index in [9.17, 15) is 22.8 Å². The first kappa shape index (κ1) is 25.7. The maximum absolute atomic E-state index is 12.7. The molecule has 3 aromatic rings. The van der Waals surface area contributed by atoms with E-state index in [0.29, 0.717) is 22.7 Å². The first-order valence-electron chi connectivity index (χ1n) is 10.4. The number of amides is 1. The molecule has 0 fully saturated rings. The lowest BCUT2D eigenvalue weighted by atomic mass is 10.1. The van der Waals surface area contributed by atoms with Gasteiger partial charge in [0.1, 0.15) is 12.3 Å². The summed E-state index contributed by atoms with van der Waals surface area (Å²) >= 11 is 0. The normalized spacial score (nSPS) is 11.1. The standard InChI is InChI=1S/C24H25N3O7S/c1-15-12-20(16(2)27(15)17-8-10-18(11-9-17)35(25,31)32)21(28)14-34-23(29)13-26-24(30)19-6-4-5-7-22(19)33-3/h4-12H,13-14H2,1-3H3,(H,26,30)(H2,25,31,32). The minimum Gasteiger partial charge on any atom is -0.496 e. The molecule has 0 atom stereocenters. The highest BCUT2D eigenvalue weighted by molar-refractivity contribution is 7.89. The number of nitrogens with two attached hydrogens (primary N) is 1. The van der Waals surface area contributed by atoms with Gasteiger partial charge in [-0.2, -0.15) is 0 Å². The Hall–Kier alpha value is -3.96. The molecule has 0 saturated heterocycles. The van der Waals surface area contributed by atoms with Crippen LogP contribution in [0.15, 0.2) is 59.5 Å². The Bertz CT molecular complexity index is 1380. The molecular formula is C24H25N3O7S. The number of ether oxygens (including phenoxy) is 2. The zero-order chi connectivity index (χ0) is 25.8. The van der Waals surface area contributed by atoms with Crippen LogP contribution in [0, 0.1) is 13.8 Å². The largest absolute Gasteiger partial charge is 0.496 e. The van der Waals surface area contributed by atoms with Crippen LogP contribution in [-0.4, -0.2) is 50.9 Å². The number of para-hydroxylation sites is 1. The van der Waals surface area contributed by atoms with Crippen molar-refractivity contribution < 1.29 is 32.3 Å². The Morgan fingerprint density at radius 1 is 1.00 bits per heavy atom. The van der Waals surface area contributed by atoms with E-state index in [1.807, 2.05) is 0 Å². The molecule has 0 aliphatic rings. The summed E-state index contributed by atoms with van der Waals surface area (Å²) in [6.07, 6.45) is 0. The van der Waals surface area contributed by atoms with Crippen LogP contribution in [0.3, 0.4) is 0 Å². The Morgan fingerprint density at radius 3 is 2.29 bits per heavy atom. The number of ketones is 1. The number of aryl methyl sites for hydroxylation is 1. The molecule has 0 unspecified atom stereocenters. The fourth-order valence-electron chi connectivity index (χ4n) is 3.58. The molecule has 3 rings (SSSR count). The number of methoxy groups -OCH3 is 1. The topological polar surface area (TPSA) is 147 Å². The SMILES string of the molecule is COc1ccccc1C(=O)NCC(=O)OCC(=O)c1cc(C)n(-c2ccc(S(N)(=O)=O)cc2)c1C. The van der Waals surface area contributed by atoms with E-state index in [1.165, 1.54) is 19.2 Å². The van der Waals surface area contributed by atoms with Gasteiger partial charge in [-0.25, -0.2) is 13.6 Å². The summed E-state index contributed by atoms with van der Waals surface area (Å²) in [7, 11) is -2.39. The highest BCUT2D eigenvalue weighted by Gasteiger charge is 2.19. The lowest BCUT2D eigenvalue weighted by Crippen LogP contribution is -2.31. The second-order valence-corrected chi connectivity index (χ2v) is 9.19. The summed E-state index contributed by atoms with van der Waals surface area (Å²) in [5, 5.41) is 7.58. The molecule has 35 heavy (non-hydrogen) atoms. The van der Waals surface area contributed by atoms with Gasteiger partial charge in [-0.3, -0.25) is 14.4 Å². The molecule has 184 valence electrons. The van der Waals surface area contributed by atoms with Crippen LogP contribution in [-0.2, 0) is 19.6 Å². The van der Waals surface area contributed by atoms with E-state index >= 15 is 0 Å². The highest BCUT2D eigenvalue weighted by Crippen LogP contribution is 2.22. The minimum atomic E-state index is -3.82. The summed E-state index contributed by atoms with van der Waals surface area (Å²) in [6, 6.07) is 14.1. The summed E-state index contributed by atoms with van der Waals surface area (Å²) in [6.45, 7) is 2.59. The maximum Gasteiger partial charge on any atom is 0.325 e. The van der Waals surface area contributed by atoms with E-state index in [4.69, 9.17) is 14.6 Å². The van der Waals surface area contributed by atoms with Crippen LogP contribution in [0.1, 0.15) is 32.1 Å². The molecule has 3 N–H and O–H groups in total. The number of hydrogen-bond acceptors (Lipinski definition) is 7. The van der Waals surface area contributed by atoms with Crippen LogP contribution < -0.4 is 15.2 Å². The zero-order valence-corrected chi connectivity index (χ0v) is 20.2. The molecule has 0 aliphatic heterocycles. The number of rotatable bonds is 9. The van der Waals surface area contributed by atoms with E-state index in [2.05, 4.69) is 5.32 Å². The molecule has 2 aromatic carbocycles. The number of nitrogens with one attached hydrogen (secondary N) is 1. The van der Waals surface area contributed by atoms with Crippen molar-refractivity contribution >= 4 is 27.7 Å². The molecular weight excluding hydrogens is 474 g/mol. The Kier molecular flexibility index (Phi) is 7.72. The third-order valence-corrected chi connectivity index (χ3v) is 6.19. The summed E-state index contributed by atoms with van der Waals surface area (Å²) in [5.41, 5.74) is 2.58. The smallest absolute Gasteiger partial charge is 0.325 e. The summed E-state index contributed by atoms with van der Waals surface area (Å²) in [4.78, 5) is 37.0. The van der Waals surface area contributed by atoms with Crippen molar-refractivity contribution in [3.05, 3.63) is 77.1 Å². The molecule has 10 nitrogen and oxygen atoms in total. The number of carbonyl (C=O) groups excluding carboxylic acids is 3. The molecule has 11 heteroatoms. The number of hydrogen-bond donors (Lipinski definition) is 2. The van der Waals surface area contributed by atoms with E-state index in [0.717, 1.165) is 5.69 Å². The molecule has 1 amide bonds. The molecule has 0 spiro atoms. The summed E-state index contributed by atoms with van der Waals surface area (Å²) < 4.78 is 34.9. The van der Waals surface area contributed by atoms with Gasteiger partial charge in [-0.1, -0.05) is 12.1 Å². The van der Waals surface area contributed by atoms with Crippen molar-refractivity contribution in [2.75, 3.05) is 20.3 Å². The van der Waals surface area contributed by atoms with Gasteiger partial charge in [0.25, 0.3) is 5.91 Å². The number of nitrogens with zero attached hydrogens (tertiary/aromatic N) is 1.